The number of ether oxygens (including phenoxy) is 2. The first-order valence-electron chi connectivity index (χ1n) is 5.12. The molecule has 2 rings (SSSR count). The molecule has 1 heterocycles. The lowest BCUT2D eigenvalue weighted by molar-refractivity contribution is -0.0431. The van der Waals surface area contributed by atoms with Crippen molar-refractivity contribution in [1.29, 1.82) is 0 Å². The molecular formula is C12H16O2. The van der Waals surface area contributed by atoms with E-state index in [4.69, 9.17) is 9.47 Å². The van der Waals surface area contributed by atoms with Crippen LogP contribution in [-0.2, 0) is 6.42 Å². The van der Waals surface area contributed by atoms with Crippen LogP contribution in [0.25, 0.3) is 0 Å². The Morgan fingerprint density at radius 2 is 1.86 bits per heavy atom. The van der Waals surface area contributed by atoms with Crippen LogP contribution in [-0.4, -0.2) is 5.79 Å². The summed E-state index contributed by atoms with van der Waals surface area (Å²) in [5.41, 5.74) is 1.31. The summed E-state index contributed by atoms with van der Waals surface area (Å²) in [6, 6.07) is 6.18. The molecular weight excluding hydrogens is 176 g/mol. The van der Waals surface area contributed by atoms with Crippen LogP contribution in [0.1, 0.15) is 32.8 Å². The second kappa shape index (κ2) is 3.19. The maximum absolute atomic E-state index is 5.66. The summed E-state index contributed by atoms with van der Waals surface area (Å²) < 4.78 is 11.3. The number of hydrogen-bond acceptors (Lipinski definition) is 2. The van der Waals surface area contributed by atoms with Crippen molar-refractivity contribution in [2.75, 3.05) is 0 Å². The molecule has 0 saturated heterocycles. The van der Waals surface area contributed by atoms with Gasteiger partial charge in [-0.2, -0.15) is 0 Å². The molecule has 14 heavy (non-hydrogen) atoms. The first kappa shape index (κ1) is 9.38. The van der Waals surface area contributed by atoms with Crippen LogP contribution in [0.3, 0.4) is 0 Å². The Bertz CT molecular complexity index is 342. The molecule has 1 aliphatic heterocycles. The zero-order valence-electron chi connectivity index (χ0n) is 8.96. The van der Waals surface area contributed by atoms with Crippen molar-refractivity contribution in [3.63, 3.8) is 0 Å². The van der Waals surface area contributed by atoms with Crippen LogP contribution in [0.5, 0.6) is 11.5 Å². The van der Waals surface area contributed by atoms with Gasteiger partial charge in [0.15, 0.2) is 11.5 Å². The van der Waals surface area contributed by atoms with E-state index in [1.807, 2.05) is 19.9 Å². The van der Waals surface area contributed by atoms with E-state index in [2.05, 4.69) is 19.1 Å². The molecule has 0 amide bonds. The third kappa shape index (κ3) is 1.69. The highest BCUT2D eigenvalue weighted by Crippen LogP contribution is 2.39. The predicted octanol–water partition coefficient (Wildman–Crippen LogP) is 3.15. The fourth-order valence-corrected chi connectivity index (χ4v) is 1.71. The monoisotopic (exact) mass is 192 g/mol. The van der Waals surface area contributed by atoms with E-state index in [0.29, 0.717) is 0 Å². The Balaban J connectivity index is 2.26. The molecule has 0 spiro atoms. The highest BCUT2D eigenvalue weighted by Gasteiger charge is 2.31. The first-order chi connectivity index (χ1) is 6.61. The molecule has 0 fully saturated rings. The minimum atomic E-state index is -0.507. The molecule has 0 aromatic heterocycles. The van der Waals surface area contributed by atoms with Crippen LogP contribution >= 0.6 is 0 Å². The second-order valence-corrected chi connectivity index (χ2v) is 4.14. The molecule has 0 saturated carbocycles. The number of rotatable bonds is 2. The quantitative estimate of drug-likeness (QED) is 0.716. The van der Waals surface area contributed by atoms with Gasteiger partial charge < -0.3 is 9.47 Å². The molecule has 0 radical (unpaired) electrons. The van der Waals surface area contributed by atoms with Gasteiger partial charge in [0.2, 0.25) is 5.79 Å². The van der Waals surface area contributed by atoms with Gasteiger partial charge in [0.05, 0.1) is 0 Å². The van der Waals surface area contributed by atoms with Crippen molar-refractivity contribution in [1.82, 2.24) is 0 Å². The van der Waals surface area contributed by atoms with Crippen LogP contribution < -0.4 is 9.47 Å². The van der Waals surface area contributed by atoms with Crippen molar-refractivity contribution < 1.29 is 9.47 Å². The molecule has 76 valence electrons. The van der Waals surface area contributed by atoms with E-state index < -0.39 is 5.79 Å². The van der Waals surface area contributed by atoms with Gasteiger partial charge in [-0.05, 0) is 24.1 Å². The Kier molecular flexibility index (Phi) is 2.14. The maximum atomic E-state index is 5.66. The number of hydrogen-bond donors (Lipinski definition) is 0. The molecule has 2 nitrogen and oxygen atoms in total. The SMILES string of the molecule is CCCc1ccc2c(c1)OC(C)(C)O2. The molecule has 1 aromatic rings. The molecule has 2 heteroatoms. The van der Waals surface area contributed by atoms with E-state index in [-0.39, 0.29) is 0 Å². The van der Waals surface area contributed by atoms with E-state index in [9.17, 15) is 0 Å². The summed E-state index contributed by atoms with van der Waals surface area (Å²) in [6.07, 6.45) is 2.25. The minimum Gasteiger partial charge on any atom is -0.449 e. The molecule has 0 unspecified atom stereocenters. The van der Waals surface area contributed by atoms with Gasteiger partial charge in [0.1, 0.15) is 0 Å². The molecule has 0 atom stereocenters. The van der Waals surface area contributed by atoms with E-state index in [1.165, 1.54) is 5.56 Å². The molecule has 1 aromatic carbocycles. The van der Waals surface area contributed by atoms with Gasteiger partial charge in [0.25, 0.3) is 0 Å². The summed E-state index contributed by atoms with van der Waals surface area (Å²) in [4.78, 5) is 0. The fourth-order valence-electron chi connectivity index (χ4n) is 1.71. The van der Waals surface area contributed by atoms with Crippen molar-refractivity contribution >= 4 is 0 Å². The van der Waals surface area contributed by atoms with Crippen molar-refractivity contribution in [3.8, 4) is 11.5 Å². The minimum absolute atomic E-state index is 0.507. The summed E-state index contributed by atoms with van der Waals surface area (Å²) in [7, 11) is 0. The molecule has 0 N–H and O–H groups in total. The average Bonchev–Trinajstić information content (AvgIpc) is 2.38. The van der Waals surface area contributed by atoms with Crippen LogP contribution in [0.2, 0.25) is 0 Å². The topological polar surface area (TPSA) is 18.5 Å². The number of benzene rings is 1. The van der Waals surface area contributed by atoms with Crippen molar-refractivity contribution in [2.45, 2.75) is 39.4 Å². The zero-order chi connectivity index (χ0) is 10.2. The third-order valence-corrected chi connectivity index (χ3v) is 2.26. The highest BCUT2D eigenvalue weighted by atomic mass is 16.7. The predicted molar refractivity (Wildman–Crippen MR) is 55.8 cm³/mol. The normalized spacial score (nSPS) is 17.1. The van der Waals surface area contributed by atoms with Crippen LogP contribution in [0.15, 0.2) is 18.2 Å². The van der Waals surface area contributed by atoms with Gasteiger partial charge in [-0.15, -0.1) is 0 Å². The van der Waals surface area contributed by atoms with E-state index in [0.717, 1.165) is 24.3 Å². The molecule has 0 aliphatic carbocycles. The van der Waals surface area contributed by atoms with Gasteiger partial charge >= 0.3 is 0 Å². The molecule has 1 aliphatic rings. The van der Waals surface area contributed by atoms with Crippen molar-refractivity contribution in [2.24, 2.45) is 0 Å². The summed E-state index contributed by atoms with van der Waals surface area (Å²) in [5.74, 6) is 1.23. The van der Waals surface area contributed by atoms with Crippen LogP contribution in [0.4, 0.5) is 0 Å². The third-order valence-electron chi connectivity index (χ3n) is 2.26. The van der Waals surface area contributed by atoms with Crippen LogP contribution in [0, 0.1) is 0 Å². The lowest BCUT2D eigenvalue weighted by Crippen LogP contribution is -2.29. The Morgan fingerprint density at radius 1 is 1.14 bits per heavy atom. The summed E-state index contributed by atoms with van der Waals surface area (Å²) >= 11 is 0. The largest absolute Gasteiger partial charge is 0.449 e. The van der Waals surface area contributed by atoms with Gasteiger partial charge in [-0.3, -0.25) is 0 Å². The van der Waals surface area contributed by atoms with Gasteiger partial charge in [-0.1, -0.05) is 19.4 Å². The average molecular weight is 192 g/mol. The lowest BCUT2D eigenvalue weighted by Gasteiger charge is -2.16. The second-order valence-electron chi connectivity index (χ2n) is 4.14. The maximum Gasteiger partial charge on any atom is 0.246 e. The zero-order valence-corrected chi connectivity index (χ0v) is 8.96. The Labute approximate surface area is 84.8 Å². The van der Waals surface area contributed by atoms with E-state index >= 15 is 0 Å². The molecule has 0 bridgehead atoms. The Morgan fingerprint density at radius 3 is 2.57 bits per heavy atom. The highest BCUT2D eigenvalue weighted by molar-refractivity contribution is 5.45. The lowest BCUT2D eigenvalue weighted by atomic mass is 10.1. The van der Waals surface area contributed by atoms with Crippen molar-refractivity contribution in [3.05, 3.63) is 23.8 Å². The Hall–Kier alpha value is -1.18. The summed E-state index contributed by atoms with van der Waals surface area (Å²) in [5, 5.41) is 0. The van der Waals surface area contributed by atoms with Gasteiger partial charge in [0, 0.05) is 13.8 Å². The number of fused-ring (bicyclic) bond motifs is 1. The van der Waals surface area contributed by atoms with E-state index in [1.54, 1.807) is 0 Å². The smallest absolute Gasteiger partial charge is 0.246 e. The van der Waals surface area contributed by atoms with Gasteiger partial charge in [-0.25, -0.2) is 0 Å². The fraction of sp³-hybridized carbons (Fsp3) is 0.500. The first-order valence-corrected chi connectivity index (χ1v) is 5.12. The number of aryl methyl sites for hydroxylation is 1. The summed E-state index contributed by atoms with van der Waals surface area (Å²) in [6.45, 7) is 6.02. The standard InChI is InChI=1S/C12H16O2/c1-4-5-9-6-7-10-11(8-9)14-12(2,3)13-10/h6-8H,4-5H2,1-3H3.